The Morgan fingerprint density at radius 1 is 0.962 bits per heavy atom. The van der Waals surface area contributed by atoms with Crippen LogP contribution in [0.15, 0.2) is 60.7 Å². The fourth-order valence-electron chi connectivity index (χ4n) is 2.60. The smallest absolute Gasteiger partial charge is 0.255 e. The molecule has 0 spiro atoms. The molecule has 134 valence electrons. The summed E-state index contributed by atoms with van der Waals surface area (Å²) in [6, 6.07) is 14.3. The van der Waals surface area contributed by atoms with Crippen LogP contribution in [0.4, 0.5) is 4.39 Å². The number of halogens is 1. The van der Waals surface area contributed by atoms with Crippen molar-refractivity contribution in [3.8, 4) is 0 Å². The number of rotatable bonds is 4. The SMILES string of the molecule is O=C(N/C(=C/C(=O)N1CCOCC1)c1ccc(F)cc1)c1ccccc1. The average Bonchev–Trinajstić information content (AvgIpc) is 2.69. The summed E-state index contributed by atoms with van der Waals surface area (Å²) in [5.74, 6) is -0.945. The predicted molar refractivity (Wildman–Crippen MR) is 95.7 cm³/mol. The van der Waals surface area contributed by atoms with Gasteiger partial charge in [0.1, 0.15) is 5.82 Å². The van der Waals surface area contributed by atoms with Gasteiger partial charge in [-0.15, -0.1) is 0 Å². The van der Waals surface area contributed by atoms with Crippen molar-refractivity contribution >= 4 is 17.5 Å². The molecule has 1 fully saturated rings. The second-order valence-electron chi connectivity index (χ2n) is 5.82. The Morgan fingerprint density at radius 3 is 2.27 bits per heavy atom. The molecule has 1 aliphatic heterocycles. The molecule has 0 aliphatic carbocycles. The minimum atomic E-state index is -0.387. The monoisotopic (exact) mass is 354 g/mol. The maximum absolute atomic E-state index is 13.2. The van der Waals surface area contributed by atoms with Gasteiger partial charge in [-0.2, -0.15) is 0 Å². The zero-order valence-corrected chi connectivity index (χ0v) is 14.2. The third-order valence-corrected chi connectivity index (χ3v) is 4.03. The first kappa shape index (κ1) is 17.8. The van der Waals surface area contributed by atoms with Crippen molar-refractivity contribution in [2.75, 3.05) is 26.3 Å². The van der Waals surface area contributed by atoms with Gasteiger partial charge in [-0.3, -0.25) is 9.59 Å². The van der Waals surface area contributed by atoms with Crippen molar-refractivity contribution in [2.45, 2.75) is 0 Å². The van der Waals surface area contributed by atoms with E-state index in [-0.39, 0.29) is 17.6 Å². The molecular weight excluding hydrogens is 335 g/mol. The van der Waals surface area contributed by atoms with Gasteiger partial charge in [0.05, 0.1) is 18.9 Å². The number of benzene rings is 2. The van der Waals surface area contributed by atoms with Gasteiger partial charge in [-0.1, -0.05) is 18.2 Å². The fourth-order valence-corrected chi connectivity index (χ4v) is 2.60. The lowest BCUT2D eigenvalue weighted by atomic mass is 10.1. The highest BCUT2D eigenvalue weighted by molar-refractivity contribution is 6.03. The molecule has 0 atom stereocenters. The molecule has 26 heavy (non-hydrogen) atoms. The number of ether oxygens (including phenoxy) is 1. The minimum absolute atomic E-state index is 0.221. The minimum Gasteiger partial charge on any atom is -0.378 e. The van der Waals surface area contributed by atoms with Crippen LogP contribution in [-0.4, -0.2) is 43.0 Å². The summed E-state index contributed by atoms with van der Waals surface area (Å²) < 4.78 is 18.5. The van der Waals surface area contributed by atoms with Crippen molar-refractivity contribution in [3.05, 3.63) is 77.6 Å². The molecule has 3 rings (SSSR count). The van der Waals surface area contributed by atoms with Crippen molar-refractivity contribution in [1.29, 1.82) is 0 Å². The van der Waals surface area contributed by atoms with Crippen molar-refractivity contribution < 1.29 is 18.7 Å². The molecule has 1 N–H and O–H groups in total. The lowest BCUT2D eigenvalue weighted by Gasteiger charge is -2.26. The summed E-state index contributed by atoms with van der Waals surface area (Å²) >= 11 is 0. The number of nitrogens with zero attached hydrogens (tertiary/aromatic N) is 1. The molecule has 0 saturated carbocycles. The average molecular weight is 354 g/mol. The van der Waals surface area contributed by atoms with Gasteiger partial charge < -0.3 is 15.0 Å². The van der Waals surface area contributed by atoms with Crippen LogP contribution in [0.5, 0.6) is 0 Å². The zero-order valence-electron chi connectivity index (χ0n) is 14.2. The van der Waals surface area contributed by atoms with Gasteiger partial charge >= 0.3 is 0 Å². The second kappa shape index (κ2) is 8.40. The quantitative estimate of drug-likeness (QED) is 0.858. The van der Waals surface area contributed by atoms with E-state index in [1.54, 1.807) is 29.2 Å². The Hall–Kier alpha value is -2.99. The van der Waals surface area contributed by atoms with Crippen LogP contribution >= 0.6 is 0 Å². The Labute approximate surface area is 151 Å². The second-order valence-corrected chi connectivity index (χ2v) is 5.82. The number of hydrogen-bond acceptors (Lipinski definition) is 3. The zero-order chi connectivity index (χ0) is 18.4. The number of amides is 2. The number of carbonyl (C=O) groups is 2. The van der Waals surface area contributed by atoms with Crippen LogP contribution in [0.2, 0.25) is 0 Å². The van der Waals surface area contributed by atoms with E-state index in [4.69, 9.17) is 4.74 Å². The van der Waals surface area contributed by atoms with Crippen LogP contribution < -0.4 is 5.32 Å². The van der Waals surface area contributed by atoms with Gasteiger partial charge in [0.2, 0.25) is 5.91 Å². The van der Waals surface area contributed by atoms with Crippen LogP contribution in [0.25, 0.3) is 5.70 Å². The first-order chi connectivity index (χ1) is 12.6. The molecule has 2 aromatic carbocycles. The Morgan fingerprint density at radius 2 is 1.62 bits per heavy atom. The Bertz CT molecular complexity index is 798. The molecule has 0 bridgehead atoms. The molecule has 0 radical (unpaired) electrons. The summed E-state index contributed by atoms with van der Waals surface area (Å²) in [7, 11) is 0. The maximum atomic E-state index is 13.2. The Kier molecular flexibility index (Phi) is 5.76. The molecule has 1 saturated heterocycles. The van der Waals surface area contributed by atoms with Crippen LogP contribution in [0.3, 0.4) is 0 Å². The summed E-state index contributed by atoms with van der Waals surface area (Å²) in [6.45, 7) is 1.97. The van der Waals surface area contributed by atoms with E-state index < -0.39 is 0 Å². The molecule has 1 aliphatic rings. The third kappa shape index (κ3) is 4.55. The van der Waals surface area contributed by atoms with E-state index in [1.165, 1.54) is 30.3 Å². The highest BCUT2D eigenvalue weighted by atomic mass is 19.1. The first-order valence-corrected chi connectivity index (χ1v) is 8.34. The van der Waals surface area contributed by atoms with Crippen molar-refractivity contribution in [3.63, 3.8) is 0 Å². The predicted octanol–water partition coefficient (Wildman–Crippen LogP) is 2.46. The number of hydrogen-bond donors (Lipinski definition) is 1. The summed E-state index contributed by atoms with van der Waals surface area (Å²) in [5.41, 5.74) is 1.35. The van der Waals surface area contributed by atoms with Crippen LogP contribution in [0.1, 0.15) is 15.9 Å². The highest BCUT2D eigenvalue weighted by Gasteiger charge is 2.17. The molecule has 2 aromatic rings. The molecule has 1 heterocycles. The number of nitrogens with one attached hydrogen (secondary N) is 1. The van der Waals surface area contributed by atoms with Crippen LogP contribution in [-0.2, 0) is 9.53 Å². The molecule has 0 unspecified atom stereocenters. The van der Waals surface area contributed by atoms with E-state index in [1.807, 2.05) is 6.07 Å². The van der Waals surface area contributed by atoms with E-state index in [9.17, 15) is 14.0 Å². The van der Waals surface area contributed by atoms with Gasteiger partial charge in [0.25, 0.3) is 5.91 Å². The summed E-state index contributed by atoms with van der Waals surface area (Å²) in [4.78, 5) is 26.7. The fraction of sp³-hybridized carbons (Fsp3) is 0.200. The molecule has 0 aromatic heterocycles. The Balaban J connectivity index is 1.86. The summed E-state index contributed by atoms with van der Waals surface area (Å²) in [5, 5.41) is 2.76. The summed E-state index contributed by atoms with van der Waals surface area (Å²) in [6.07, 6.45) is 1.37. The lowest BCUT2D eigenvalue weighted by Crippen LogP contribution is -2.40. The number of carbonyl (C=O) groups excluding carboxylic acids is 2. The lowest BCUT2D eigenvalue weighted by molar-refractivity contribution is -0.129. The largest absolute Gasteiger partial charge is 0.378 e. The standard InChI is InChI=1S/C20H19FN2O3/c21-17-8-6-15(7-9-17)18(14-19(24)23-10-12-26-13-11-23)22-20(25)16-4-2-1-3-5-16/h1-9,14H,10-13H2,(H,22,25)/b18-14+. The number of morpholine rings is 1. The third-order valence-electron chi connectivity index (χ3n) is 4.03. The van der Waals surface area contributed by atoms with E-state index in [0.717, 1.165) is 0 Å². The maximum Gasteiger partial charge on any atom is 0.255 e. The topological polar surface area (TPSA) is 58.6 Å². The first-order valence-electron chi connectivity index (χ1n) is 8.34. The van der Waals surface area contributed by atoms with E-state index in [2.05, 4.69) is 5.32 Å². The molecule has 5 nitrogen and oxygen atoms in total. The van der Waals surface area contributed by atoms with Gasteiger partial charge in [-0.25, -0.2) is 4.39 Å². The van der Waals surface area contributed by atoms with Crippen molar-refractivity contribution in [1.82, 2.24) is 10.2 Å². The molecule has 6 heteroatoms. The van der Waals surface area contributed by atoms with Gasteiger partial charge in [-0.05, 0) is 42.0 Å². The van der Waals surface area contributed by atoms with E-state index >= 15 is 0 Å². The van der Waals surface area contributed by atoms with E-state index in [0.29, 0.717) is 43.1 Å². The normalized spacial score (nSPS) is 14.8. The highest BCUT2D eigenvalue weighted by Crippen LogP contribution is 2.15. The molecule has 2 amide bonds. The van der Waals surface area contributed by atoms with Gasteiger partial charge in [0.15, 0.2) is 0 Å². The van der Waals surface area contributed by atoms with Crippen LogP contribution in [0, 0.1) is 5.82 Å². The van der Waals surface area contributed by atoms with Crippen molar-refractivity contribution in [2.24, 2.45) is 0 Å². The van der Waals surface area contributed by atoms with Gasteiger partial charge in [0, 0.05) is 24.7 Å². The molecular formula is C20H19FN2O3.